The molecule has 0 aromatic rings. The summed E-state index contributed by atoms with van der Waals surface area (Å²) in [5, 5.41) is 3.70. The van der Waals surface area contributed by atoms with Gasteiger partial charge >= 0.3 is 5.97 Å². The van der Waals surface area contributed by atoms with E-state index in [0.29, 0.717) is 24.9 Å². The minimum absolute atomic E-state index is 0.0331. The van der Waals surface area contributed by atoms with E-state index in [-0.39, 0.29) is 11.5 Å². The molecule has 0 aliphatic heterocycles. The lowest BCUT2D eigenvalue weighted by Gasteiger charge is -2.46. The van der Waals surface area contributed by atoms with Gasteiger partial charge in [0, 0.05) is 5.54 Å². The molecule has 0 saturated heterocycles. The van der Waals surface area contributed by atoms with Gasteiger partial charge in [0.2, 0.25) is 0 Å². The van der Waals surface area contributed by atoms with Crippen molar-refractivity contribution in [3.05, 3.63) is 0 Å². The molecule has 0 bridgehead atoms. The Bertz CT molecular complexity index is 278. The van der Waals surface area contributed by atoms with Crippen LogP contribution in [0.3, 0.4) is 0 Å². The third-order valence-electron chi connectivity index (χ3n) is 4.39. The van der Waals surface area contributed by atoms with Gasteiger partial charge in [0.25, 0.3) is 0 Å². The second-order valence-corrected chi connectivity index (χ2v) is 6.16. The Morgan fingerprint density at radius 1 is 1.37 bits per heavy atom. The zero-order valence-corrected chi connectivity index (χ0v) is 13.1. The monoisotopic (exact) mass is 269 g/mol. The van der Waals surface area contributed by atoms with Gasteiger partial charge in [0.1, 0.15) is 0 Å². The first kappa shape index (κ1) is 16.5. The molecule has 0 amide bonds. The molecule has 0 heterocycles. The summed E-state index contributed by atoms with van der Waals surface area (Å²) in [5.74, 6) is 1.15. The smallest absolute Gasteiger partial charge is 0.307 e. The standard InChI is InChI=1S/C16H31NO2/c1-5-11-17-16(12-15(18)19-6-2)10-8-7-9-14(16)13(3)4/h13-14,17H,5-12H2,1-4H3. The second kappa shape index (κ2) is 7.88. The van der Waals surface area contributed by atoms with Crippen LogP contribution in [0.5, 0.6) is 0 Å². The van der Waals surface area contributed by atoms with Gasteiger partial charge in [-0.15, -0.1) is 0 Å². The zero-order valence-electron chi connectivity index (χ0n) is 13.1. The average molecular weight is 269 g/mol. The van der Waals surface area contributed by atoms with Gasteiger partial charge < -0.3 is 10.1 Å². The number of esters is 1. The van der Waals surface area contributed by atoms with E-state index in [0.717, 1.165) is 19.4 Å². The predicted octanol–water partition coefficient (Wildman–Crippen LogP) is 3.52. The highest BCUT2D eigenvalue weighted by molar-refractivity contribution is 5.71. The van der Waals surface area contributed by atoms with Crippen LogP contribution in [-0.2, 0) is 9.53 Å². The Balaban J connectivity index is 2.84. The molecule has 0 aromatic heterocycles. The van der Waals surface area contributed by atoms with Gasteiger partial charge in [-0.3, -0.25) is 4.79 Å². The summed E-state index contributed by atoms with van der Waals surface area (Å²) in [6, 6.07) is 0. The highest BCUT2D eigenvalue weighted by Gasteiger charge is 2.43. The van der Waals surface area contributed by atoms with Crippen LogP contribution < -0.4 is 5.32 Å². The van der Waals surface area contributed by atoms with Crippen LogP contribution in [0.2, 0.25) is 0 Å². The maximum Gasteiger partial charge on any atom is 0.307 e. The fourth-order valence-electron chi connectivity index (χ4n) is 3.58. The van der Waals surface area contributed by atoms with Crippen molar-refractivity contribution in [3.63, 3.8) is 0 Å². The van der Waals surface area contributed by atoms with Crippen molar-refractivity contribution in [1.29, 1.82) is 0 Å². The molecule has 0 spiro atoms. The Kier molecular flexibility index (Phi) is 6.84. The first-order chi connectivity index (χ1) is 9.05. The molecule has 1 aliphatic rings. The van der Waals surface area contributed by atoms with Crippen LogP contribution in [0.25, 0.3) is 0 Å². The van der Waals surface area contributed by atoms with Crippen LogP contribution in [0.4, 0.5) is 0 Å². The summed E-state index contributed by atoms with van der Waals surface area (Å²) >= 11 is 0. The van der Waals surface area contributed by atoms with Crippen molar-refractivity contribution in [2.45, 2.75) is 71.8 Å². The molecule has 3 heteroatoms. The van der Waals surface area contributed by atoms with Crippen molar-refractivity contribution < 1.29 is 9.53 Å². The number of nitrogens with one attached hydrogen (secondary N) is 1. The molecule has 0 radical (unpaired) electrons. The van der Waals surface area contributed by atoms with E-state index in [1.165, 1.54) is 19.3 Å². The average Bonchev–Trinajstić information content (AvgIpc) is 2.37. The first-order valence-electron chi connectivity index (χ1n) is 7.96. The molecular formula is C16H31NO2. The summed E-state index contributed by atoms with van der Waals surface area (Å²) in [6.07, 6.45) is 6.49. The van der Waals surface area contributed by atoms with E-state index in [1.54, 1.807) is 0 Å². The topological polar surface area (TPSA) is 38.3 Å². The number of rotatable bonds is 7. The Labute approximate surface area is 118 Å². The summed E-state index contributed by atoms with van der Waals surface area (Å²) in [6.45, 7) is 10.1. The highest BCUT2D eigenvalue weighted by Crippen LogP contribution is 2.40. The molecule has 1 saturated carbocycles. The van der Waals surface area contributed by atoms with Gasteiger partial charge in [-0.2, -0.15) is 0 Å². The van der Waals surface area contributed by atoms with Crippen molar-refractivity contribution in [3.8, 4) is 0 Å². The van der Waals surface area contributed by atoms with Crippen molar-refractivity contribution in [2.24, 2.45) is 11.8 Å². The van der Waals surface area contributed by atoms with Gasteiger partial charge in [-0.1, -0.05) is 33.6 Å². The van der Waals surface area contributed by atoms with Crippen LogP contribution >= 0.6 is 0 Å². The van der Waals surface area contributed by atoms with E-state index < -0.39 is 0 Å². The number of carbonyl (C=O) groups is 1. The fraction of sp³-hybridized carbons (Fsp3) is 0.938. The van der Waals surface area contributed by atoms with Crippen molar-refractivity contribution in [2.75, 3.05) is 13.2 Å². The van der Waals surface area contributed by atoms with Gasteiger partial charge in [0.15, 0.2) is 0 Å². The predicted molar refractivity (Wildman–Crippen MR) is 79.1 cm³/mol. The van der Waals surface area contributed by atoms with Gasteiger partial charge in [-0.05, 0) is 44.6 Å². The van der Waals surface area contributed by atoms with Crippen LogP contribution in [-0.4, -0.2) is 24.7 Å². The third kappa shape index (κ3) is 4.48. The Hall–Kier alpha value is -0.570. The highest BCUT2D eigenvalue weighted by atomic mass is 16.5. The molecule has 2 unspecified atom stereocenters. The Morgan fingerprint density at radius 3 is 2.68 bits per heavy atom. The molecule has 2 atom stereocenters. The van der Waals surface area contributed by atoms with E-state index in [2.05, 4.69) is 26.1 Å². The zero-order chi connectivity index (χ0) is 14.3. The SMILES string of the molecule is CCCNC1(CC(=O)OCC)CCCCC1C(C)C. The summed E-state index contributed by atoms with van der Waals surface area (Å²) in [4.78, 5) is 12.0. The lowest BCUT2D eigenvalue weighted by molar-refractivity contribution is -0.146. The largest absolute Gasteiger partial charge is 0.466 e. The van der Waals surface area contributed by atoms with Gasteiger partial charge in [0.05, 0.1) is 13.0 Å². The molecule has 1 aliphatic carbocycles. The summed E-state index contributed by atoms with van der Waals surface area (Å²) in [5.41, 5.74) is -0.0331. The van der Waals surface area contributed by atoms with E-state index in [9.17, 15) is 4.79 Å². The molecule has 0 aromatic carbocycles. The third-order valence-corrected chi connectivity index (χ3v) is 4.39. The summed E-state index contributed by atoms with van der Waals surface area (Å²) in [7, 11) is 0. The maximum atomic E-state index is 12.0. The first-order valence-corrected chi connectivity index (χ1v) is 7.96. The minimum Gasteiger partial charge on any atom is -0.466 e. The quantitative estimate of drug-likeness (QED) is 0.719. The normalized spacial score (nSPS) is 27.5. The molecular weight excluding hydrogens is 238 g/mol. The van der Waals surface area contributed by atoms with E-state index in [4.69, 9.17) is 4.74 Å². The van der Waals surface area contributed by atoms with Crippen molar-refractivity contribution in [1.82, 2.24) is 5.32 Å². The van der Waals surface area contributed by atoms with Gasteiger partial charge in [-0.25, -0.2) is 0 Å². The molecule has 1 N–H and O–H groups in total. The minimum atomic E-state index is -0.0429. The van der Waals surface area contributed by atoms with Crippen LogP contribution in [0.1, 0.15) is 66.2 Å². The van der Waals surface area contributed by atoms with Crippen molar-refractivity contribution >= 4 is 5.97 Å². The number of ether oxygens (including phenoxy) is 1. The number of hydrogen-bond acceptors (Lipinski definition) is 3. The lowest BCUT2D eigenvalue weighted by Crippen LogP contribution is -2.56. The second-order valence-electron chi connectivity index (χ2n) is 6.16. The molecule has 1 fully saturated rings. The molecule has 3 nitrogen and oxygen atoms in total. The molecule has 19 heavy (non-hydrogen) atoms. The van der Waals surface area contributed by atoms with E-state index in [1.807, 2.05) is 6.92 Å². The van der Waals surface area contributed by atoms with E-state index >= 15 is 0 Å². The van der Waals surface area contributed by atoms with Crippen LogP contribution in [0, 0.1) is 11.8 Å². The molecule has 112 valence electrons. The number of hydrogen-bond donors (Lipinski definition) is 1. The molecule has 1 rings (SSSR count). The summed E-state index contributed by atoms with van der Waals surface area (Å²) < 4.78 is 5.20. The number of carbonyl (C=O) groups excluding carboxylic acids is 1. The lowest BCUT2D eigenvalue weighted by atomic mass is 9.66. The fourth-order valence-corrected chi connectivity index (χ4v) is 3.58. The maximum absolute atomic E-state index is 12.0. The van der Waals surface area contributed by atoms with Crippen LogP contribution in [0.15, 0.2) is 0 Å². The Morgan fingerprint density at radius 2 is 2.11 bits per heavy atom.